The average molecular weight is 321 g/mol. The number of benzene rings is 1. The first-order chi connectivity index (χ1) is 10.6. The van der Waals surface area contributed by atoms with E-state index in [9.17, 15) is 9.18 Å². The maximum Gasteiger partial charge on any atom is 0.335 e. The third kappa shape index (κ3) is 4.54. The molecule has 128 valence electrons. The van der Waals surface area contributed by atoms with Gasteiger partial charge in [0.2, 0.25) is 0 Å². The molecule has 0 amide bonds. The van der Waals surface area contributed by atoms with Crippen LogP contribution in [0, 0.1) is 5.41 Å². The summed E-state index contributed by atoms with van der Waals surface area (Å²) in [5, 5.41) is 9.04. The largest absolute Gasteiger partial charge is 0.478 e. The first-order valence-electron chi connectivity index (χ1n) is 8.40. The molecule has 0 radical (unpaired) electrons. The molecule has 1 heterocycles. The highest BCUT2D eigenvalue weighted by Crippen LogP contribution is 2.40. The van der Waals surface area contributed by atoms with Crippen LogP contribution < -0.4 is 0 Å². The van der Waals surface area contributed by atoms with Crippen molar-refractivity contribution in [1.29, 1.82) is 0 Å². The van der Waals surface area contributed by atoms with Gasteiger partial charge in [0, 0.05) is 25.6 Å². The van der Waals surface area contributed by atoms with Crippen molar-refractivity contribution < 1.29 is 14.3 Å². The molecule has 4 heteroatoms. The number of hydrogen-bond acceptors (Lipinski definition) is 2. The van der Waals surface area contributed by atoms with E-state index in [2.05, 4.69) is 25.7 Å². The SMILES string of the molecule is CCC(C)(C)CN1CC[C@@](C)(F)C[C@H]1c1ccc(C(=O)O)cc1. The van der Waals surface area contributed by atoms with Crippen LogP contribution >= 0.6 is 0 Å². The molecule has 0 spiro atoms. The fourth-order valence-corrected chi connectivity index (χ4v) is 3.19. The van der Waals surface area contributed by atoms with E-state index < -0.39 is 11.6 Å². The summed E-state index contributed by atoms with van der Waals surface area (Å²) in [5.74, 6) is -0.931. The number of carboxylic acids is 1. The number of nitrogens with zero attached hydrogens (tertiary/aromatic N) is 1. The van der Waals surface area contributed by atoms with Gasteiger partial charge in [-0.3, -0.25) is 4.90 Å². The summed E-state index contributed by atoms with van der Waals surface area (Å²) in [7, 11) is 0. The minimum Gasteiger partial charge on any atom is -0.478 e. The summed E-state index contributed by atoms with van der Waals surface area (Å²) in [6.45, 7) is 9.99. The zero-order valence-corrected chi connectivity index (χ0v) is 14.6. The van der Waals surface area contributed by atoms with Crippen LogP contribution in [0.3, 0.4) is 0 Å². The molecule has 1 N–H and O–H groups in total. The molecule has 0 aliphatic carbocycles. The molecule has 2 atom stereocenters. The number of likely N-dealkylation sites (tertiary alicyclic amines) is 1. The number of alkyl halides is 1. The van der Waals surface area contributed by atoms with Crippen molar-refractivity contribution in [2.24, 2.45) is 5.41 Å². The molecule has 0 bridgehead atoms. The fraction of sp³-hybridized carbons (Fsp3) is 0.632. The van der Waals surface area contributed by atoms with Crippen LogP contribution in [0.25, 0.3) is 0 Å². The van der Waals surface area contributed by atoms with E-state index in [0.29, 0.717) is 12.8 Å². The Morgan fingerprint density at radius 1 is 1.39 bits per heavy atom. The Morgan fingerprint density at radius 2 is 2.00 bits per heavy atom. The van der Waals surface area contributed by atoms with Crippen molar-refractivity contribution in [3.05, 3.63) is 35.4 Å². The quantitative estimate of drug-likeness (QED) is 0.855. The van der Waals surface area contributed by atoms with Crippen LogP contribution in [-0.4, -0.2) is 34.7 Å². The van der Waals surface area contributed by atoms with Crippen molar-refractivity contribution in [3.8, 4) is 0 Å². The molecular formula is C19H28FNO2. The molecule has 23 heavy (non-hydrogen) atoms. The second-order valence-electron chi connectivity index (χ2n) is 7.80. The van der Waals surface area contributed by atoms with Gasteiger partial charge >= 0.3 is 5.97 Å². The summed E-state index contributed by atoms with van der Waals surface area (Å²) >= 11 is 0. The average Bonchev–Trinajstić information content (AvgIpc) is 2.49. The van der Waals surface area contributed by atoms with Gasteiger partial charge in [0.25, 0.3) is 0 Å². The van der Waals surface area contributed by atoms with E-state index in [4.69, 9.17) is 5.11 Å². The molecular weight excluding hydrogens is 293 g/mol. The predicted molar refractivity (Wildman–Crippen MR) is 90.5 cm³/mol. The third-order valence-electron chi connectivity index (χ3n) is 5.11. The van der Waals surface area contributed by atoms with Gasteiger partial charge in [-0.05, 0) is 42.9 Å². The maximum absolute atomic E-state index is 14.6. The van der Waals surface area contributed by atoms with E-state index in [-0.39, 0.29) is 17.0 Å². The number of piperidine rings is 1. The Bertz CT molecular complexity index is 551. The number of aromatic carboxylic acids is 1. The zero-order valence-electron chi connectivity index (χ0n) is 14.6. The van der Waals surface area contributed by atoms with E-state index in [1.54, 1.807) is 19.1 Å². The van der Waals surface area contributed by atoms with Crippen molar-refractivity contribution >= 4 is 5.97 Å². The highest BCUT2D eigenvalue weighted by atomic mass is 19.1. The van der Waals surface area contributed by atoms with E-state index in [1.165, 1.54) is 0 Å². The molecule has 1 aromatic carbocycles. The standard InChI is InChI=1S/C19H28FNO2/c1-5-18(2,3)13-21-11-10-19(4,20)12-16(21)14-6-8-15(9-7-14)17(22)23/h6-9,16H,5,10-13H2,1-4H3,(H,22,23)/t16-,19+/m0/s1. The molecule has 1 aromatic rings. The summed E-state index contributed by atoms with van der Waals surface area (Å²) in [5.41, 5.74) is 0.297. The first kappa shape index (κ1) is 17.9. The lowest BCUT2D eigenvalue weighted by Gasteiger charge is -2.44. The van der Waals surface area contributed by atoms with Gasteiger partial charge in [-0.15, -0.1) is 0 Å². The lowest BCUT2D eigenvalue weighted by Crippen LogP contribution is -2.46. The Morgan fingerprint density at radius 3 is 2.52 bits per heavy atom. The number of rotatable bonds is 5. The van der Waals surface area contributed by atoms with Gasteiger partial charge in [-0.25, -0.2) is 9.18 Å². The molecule has 3 nitrogen and oxygen atoms in total. The number of carboxylic acid groups (broad SMARTS) is 1. The normalized spacial score (nSPS) is 26.2. The molecule has 1 fully saturated rings. The van der Waals surface area contributed by atoms with Crippen LogP contribution in [0.15, 0.2) is 24.3 Å². The molecule has 0 aromatic heterocycles. The van der Waals surface area contributed by atoms with Crippen molar-refractivity contribution in [2.45, 2.75) is 58.7 Å². The molecule has 1 saturated heterocycles. The summed E-state index contributed by atoms with van der Waals surface area (Å²) in [6.07, 6.45) is 2.08. The molecule has 0 saturated carbocycles. The summed E-state index contributed by atoms with van der Waals surface area (Å²) in [4.78, 5) is 13.4. The Labute approximate surface area is 138 Å². The van der Waals surface area contributed by atoms with Crippen molar-refractivity contribution in [2.75, 3.05) is 13.1 Å². The van der Waals surface area contributed by atoms with Gasteiger partial charge in [-0.2, -0.15) is 0 Å². The molecule has 1 aliphatic heterocycles. The second-order valence-corrected chi connectivity index (χ2v) is 7.80. The Balaban J connectivity index is 2.26. The van der Waals surface area contributed by atoms with Crippen LogP contribution in [0.1, 0.15) is 68.9 Å². The number of hydrogen-bond donors (Lipinski definition) is 1. The topological polar surface area (TPSA) is 40.5 Å². The minimum absolute atomic E-state index is 0.00687. The highest BCUT2D eigenvalue weighted by Gasteiger charge is 2.38. The maximum atomic E-state index is 14.6. The summed E-state index contributed by atoms with van der Waals surface area (Å²) in [6, 6.07) is 6.91. The number of carbonyl (C=O) groups is 1. The third-order valence-corrected chi connectivity index (χ3v) is 5.11. The molecule has 1 aliphatic rings. The molecule has 0 unspecified atom stereocenters. The predicted octanol–water partition coefficient (Wildman–Crippen LogP) is 4.69. The van der Waals surface area contributed by atoms with E-state index >= 15 is 0 Å². The first-order valence-corrected chi connectivity index (χ1v) is 8.40. The van der Waals surface area contributed by atoms with Gasteiger partial charge in [0.15, 0.2) is 0 Å². The lowest BCUT2D eigenvalue weighted by atomic mass is 9.82. The van der Waals surface area contributed by atoms with Crippen LogP contribution in [0.4, 0.5) is 4.39 Å². The van der Waals surface area contributed by atoms with Gasteiger partial charge in [-0.1, -0.05) is 32.9 Å². The van der Waals surface area contributed by atoms with Crippen LogP contribution in [-0.2, 0) is 0 Å². The Hall–Kier alpha value is -1.42. The van der Waals surface area contributed by atoms with Crippen LogP contribution in [0.2, 0.25) is 0 Å². The van der Waals surface area contributed by atoms with Gasteiger partial charge in [0.1, 0.15) is 5.67 Å². The smallest absolute Gasteiger partial charge is 0.335 e. The van der Waals surface area contributed by atoms with Gasteiger partial charge < -0.3 is 5.11 Å². The number of halogens is 1. The van der Waals surface area contributed by atoms with E-state index in [1.807, 2.05) is 12.1 Å². The van der Waals surface area contributed by atoms with Crippen molar-refractivity contribution in [3.63, 3.8) is 0 Å². The van der Waals surface area contributed by atoms with Crippen molar-refractivity contribution in [1.82, 2.24) is 4.90 Å². The van der Waals surface area contributed by atoms with Gasteiger partial charge in [0.05, 0.1) is 5.56 Å². The summed E-state index contributed by atoms with van der Waals surface area (Å²) < 4.78 is 14.6. The van der Waals surface area contributed by atoms with Crippen LogP contribution in [0.5, 0.6) is 0 Å². The highest BCUT2D eigenvalue weighted by molar-refractivity contribution is 5.87. The Kier molecular flexibility index (Phi) is 5.14. The minimum atomic E-state index is -1.16. The monoisotopic (exact) mass is 321 g/mol. The zero-order chi connectivity index (χ0) is 17.3. The molecule has 2 rings (SSSR count). The fourth-order valence-electron chi connectivity index (χ4n) is 3.19. The van der Waals surface area contributed by atoms with E-state index in [0.717, 1.165) is 25.1 Å². The second kappa shape index (κ2) is 6.60. The lowest BCUT2D eigenvalue weighted by molar-refractivity contribution is 0.00919.